The van der Waals surface area contributed by atoms with Crippen LogP contribution in [0.4, 0.5) is 4.39 Å². The molecule has 0 atom stereocenters. The highest BCUT2D eigenvalue weighted by Crippen LogP contribution is 2.16. The number of hydrogen-bond donors (Lipinski definition) is 1. The lowest BCUT2D eigenvalue weighted by molar-refractivity contribution is 0.0951. The number of halogens is 1. The lowest BCUT2D eigenvalue weighted by atomic mass is 10.1. The smallest absolute Gasteiger partial charge is 0.276 e. The van der Waals surface area contributed by atoms with E-state index in [4.69, 9.17) is 0 Å². The minimum absolute atomic E-state index is 0.182. The van der Waals surface area contributed by atoms with Gasteiger partial charge in [-0.2, -0.15) is 5.10 Å². The van der Waals surface area contributed by atoms with Gasteiger partial charge in [0.05, 0.1) is 17.2 Å². The first kappa shape index (κ1) is 16.0. The highest BCUT2D eigenvalue weighted by molar-refractivity contribution is 5.97. The Morgan fingerprint density at radius 2 is 1.85 bits per heavy atom. The maximum absolute atomic E-state index is 12.9. The topological polar surface area (TPSA) is 68.4 Å². The normalized spacial score (nSPS) is 11.2. The van der Waals surface area contributed by atoms with Gasteiger partial charge in [-0.3, -0.25) is 9.59 Å². The van der Waals surface area contributed by atoms with Crippen LogP contribution in [0.3, 0.4) is 0 Å². The molecule has 7 heteroatoms. The molecular formula is C19H15FN4O2. The van der Waals surface area contributed by atoms with Crippen LogP contribution in [0.2, 0.25) is 0 Å². The van der Waals surface area contributed by atoms with E-state index >= 15 is 0 Å². The summed E-state index contributed by atoms with van der Waals surface area (Å²) in [5.74, 6) is -0.593. The molecule has 26 heavy (non-hydrogen) atoms. The van der Waals surface area contributed by atoms with E-state index in [1.165, 1.54) is 16.7 Å². The van der Waals surface area contributed by atoms with Crippen molar-refractivity contribution in [3.05, 3.63) is 82.0 Å². The summed E-state index contributed by atoms with van der Waals surface area (Å²) in [6, 6.07) is 12.7. The predicted octanol–water partition coefficient (Wildman–Crippen LogP) is 2.26. The molecule has 6 nitrogen and oxygen atoms in total. The molecule has 4 aromatic rings. The molecule has 2 aromatic heterocycles. The molecule has 0 aliphatic heterocycles. The first-order valence-corrected chi connectivity index (χ1v) is 8.04. The molecule has 0 fully saturated rings. The molecule has 130 valence electrons. The van der Waals surface area contributed by atoms with Crippen molar-refractivity contribution in [3.63, 3.8) is 0 Å². The molecule has 0 spiro atoms. The zero-order valence-corrected chi connectivity index (χ0v) is 13.9. The molecule has 0 aliphatic rings. The summed E-state index contributed by atoms with van der Waals surface area (Å²) in [5, 5.41) is 6.97. The van der Waals surface area contributed by atoms with Crippen molar-refractivity contribution in [1.29, 1.82) is 0 Å². The van der Waals surface area contributed by atoms with E-state index in [2.05, 4.69) is 10.4 Å². The average Bonchev–Trinajstić information content (AvgIpc) is 3.15. The van der Waals surface area contributed by atoms with Crippen LogP contribution in [0, 0.1) is 5.82 Å². The van der Waals surface area contributed by atoms with Crippen molar-refractivity contribution in [2.45, 2.75) is 6.54 Å². The number of aryl methyl sites for hydroxylation is 1. The summed E-state index contributed by atoms with van der Waals surface area (Å²) in [5.41, 5.74) is 2.88. The second kappa shape index (κ2) is 6.11. The number of amides is 1. The molecule has 0 bridgehead atoms. The molecule has 1 N–H and O–H groups in total. The van der Waals surface area contributed by atoms with E-state index in [1.54, 1.807) is 54.2 Å². The highest BCUT2D eigenvalue weighted by atomic mass is 19.1. The lowest BCUT2D eigenvalue weighted by Crippen LogP contribution is -2.24. The molecule has 0 saturated carbocycles. The lowest BCUT2D eigenvalue weighted by Gasteiger charge is -2.10. The Bertz CT molecular complexity index is 1190. The van der Waals surface area contributed by atoms with E-state index in [9.17, 15) is 14.0 Å². The zero-order valence-electron chi connectivity index (χ0n) is 13.9. The first-order valence-electron chi connectivity index (χ1n) is 8.04. The van der Waals surface area contributed by atoms with Crippen LogP contribution >= 0.6 is 0 Å². The van der Waals surface area contributed by atoms with Gasteiger partial charge in [-0.05, 0) is 42.0 Å². The van der Waals surface area contributed by atoms with Gasteiger partial charge in [-0.25, -0.2) is 8.91 Å². The zero-order chi connectivity index (χ0) is 18.3. The number of benzene rings is 2. The Kier molecular flexibility index (Phi) is 3.76. The highest BCUT2D eigenvalue weighted by Gasteiger charge is 2.12. The molecule has 2 aromatic carbocycles. The third-order valence-electron chi connectivity index (χ3n) is 4.36. The number of hydrogen-bond acceptors (Lipinski definition) is 3. The van der Waals surface area contributed by atoms with Crippen LogP contribution in [0.1, 0.15) is 15.9 Å². The fourth-order valence-electron chi connectivity index (χ4n) is 2.94. The number of carbonyl (C=O) groups excluding carboxylic acids is 1. The summed E-state index contributed by atoms with van der Waals surface area (Å²) in [4.78, 5) is 24.8. The van der Waals surface area contributed by atoms with E-state index in [1.807, 2.05) is 0 Å². The molecule has 2 heterocycles. The predicted molar refractivity (Wildman–Crippen MR) is 95.5 cm³/mol. The third-order valence-corrected chi connectivity index (χ3v) is 4.36. The molecule has 1 amide bonds. The van der Waals surface area contributed by atoms with Gasteiger partial charge in [0.15, 0.2) is 0 Å². The number of rotatable bonds is 3. The summed E-state index contributed by atoms with van der Waals surface area (Å²) in [7, 11) is 1.66. The van der Waals surface area contributed by atoms with Crippen molar-refractivity contribution in [3.8, 4) is 0 Å². The van der Waals surface area contributed by atoms with Crippen LogP contribution in [0.15, 0.2) is 59.5 Å². The van der Waals surface area contributed by atoms with Crippen molar-refractivity contribution in [2.75, 3.05) is 0 Å². The van der Waals surface area contributed by atoms with E-state index in [-0.39, 0.29) is 23.8 Å². The van der Waals surface area contributed by atoms with Gasteiger partial charge in [-0.15, -0.1) is 0 Å². The van der Waals surface area contributed by atoms with E-state index in [0.717, 1.165) is 11.1 Å². The molecule has 0 saturated heterocycles. The summed E-state index contributed by atoms with van der Waals surface area (Å²) in [6.07, 6.45) is 1.57. The van der Waals surface area contributed by atoms with Crippen molar-refractivity contribution in [2.24, 2.45) is 7.05 Å². The van der Waals surface area contributed by atoms with E-state index < -0.39 is 0 Å². The van der Waals surface area contributed by atoms with Crippen LogP contribution in [-0.2, 0) is 13.6 Å². The van der Waals surface area contributed by atoms with Gasteiger partial charge in [0.2, 0.25) is 0 Å². The molecule has 4 rings (SSSR count). The maximum Gasteiger partial charge on any atom is 0.276 e. The van der Waals surface area contributed by atoms with Gasteiger partial charge >= 0.3 is 0 Å². The molecular weight excluding hydrogens is 335 g/mol. The average molecular weight is 350 g/mol. The fraction of sp³-hybridized carbons (Fsp3) is 0.105. The van der Waals surface area contributed by atoms with Crippen LogP contribution in [0.5, 0.6) is 0 Å². The Morgan fingerprint density at radius 1 is 1.08 bits per heavy atom. The largest absolute Gasteiger partial charge is 0.348 e. The molecule has 0 aliphatic carbocycles. The Hall–Kier alpha value is -3.48. The third kappa shape index (κ3) is 2.63. The van der Waals surface area contributed by atoms with Gasteiger partial charge in [0.25, 0.3) is 11.5 Å². The molecule has 0 unspecified atom stereocenters. The van der Waals surface area contributed by atoms with Crippen molar-refractivity contribution >= 4 is 22.5 Å². The monoisotopic (exact) mass is 350 g/mol. The van der Waals surface area contributed by atoms with Gasteiger partial charge in [0.1, 0.15) is 11.3 Å². The number of fused-ring (bicyclic) bond motifs is 3. The standard InChI is InChI=1S/C19H15FN4O2/c1-23-17-10-13(18(25)21-11-12-2-5-14(20)6-3-12)4-7-15(17)24-16(19(23)26)8-9-22-24/h2-10H,11H2,1H3,(H,21,25). The van der Waals surface area contributed by atoms with Gasteiger partial charge in [0, 0.05) is 19.2 Å². The van der Waals surface area contributed by atoms with Crippen LogP contribution < -0.4 is 10.9 Å². The van der Waals surface area contributed by atoms with E-state index in [0.29, 0.717) is 16.6 Å². The van der Waals surface area contributed by atoms with Gasteiger partial charge in [-0.1, -0.05) is 12.1 Å². The summed E-state index contributed by atoms with van der Waals surface area (Å²) in [6.45, 7) is 0.286. The second-order valence-electron chi connectivity index (χ2n) is 6.01. The summed E-state index contributed by atoms with van der Waals surface area (Å²) < 4.78 is 16.0. The van der Waals surface area contributed by atoms with Crippen LogP contribution in [0.25, 0.3) is 16.6 Å². The van der Waals surface area contributed by atoms with Crippen molar-refractivity contribution < 1.29 is 9.18 Å². The number of nitrogens with one attached hydrogen (secondary N) is 1. The second-order valence-corrected chi connectivity index (χ2v) is 6.01. The number of aromatic nitrogens is 3. The number of carbonyl (C=O) groups is 1. The quantitative estimate of drug-likeness (QED) is 0.616. The number of nitrogens with zero attached hydrogens (tertiary/aromatic N) is 3. The van der Waals surface area contributed by atoms with Crippen LogP contribution in [-0.4, -0.2) is 20.1 Å². The van der Waals surface area contributed by atoms with Crippen molar-refractivity contribution in [1.82, 2.24) is 19.5 Å². The molecule has 0 radical (unpaired) electrons. The summed E-state index contributed by atoms with van der Waals surface area (Å²) >= 11 is 0. The SMILES string of the molecule is Cn1c(=O)c2ccnn2c2ccc(C(=O)NCc3ccc(F)cc3)cc21. The fourth-order valence-corrected chi connectivity index (χ4v) is 2.94. The minimum Gasteiger partial charge on any atom is -0.348 e. The Morgan fingerprint density at radius 3 is 2.62 bits per heavy atom. The first-order chi connectivity index (χ1) is 12.5. The van der Waals surface area contributed by atoms with Gasteiger partial charge < -0.3 is 9.88 Å². The Labute approximate surface area is 147 Å². The minimum atomic E-state index is -0.319. The maximum atomic E-state index is 12.9. The Balaban J connectivity index is 1.67.